The number of carbonyl (C=O) groups excluding carboxylic acids is 3. The summed E-state index contributed by atoms with van der Waals surface area (Å²) in [7, 11) is 1.27. The molecular formula is C20H20ClNO6. The lowest BCUT2D eigenvalue weighted by Gasteiger charge is -2.14. The molecule has 0 heterocycles. The third-order valence-electron chi connectivity index (χ3n) is 3.74. The fraction of sp³-hybridized carbons (Fsp3) is 0.250. The normalized spacial score (nSPS) is 11.3. The van der Waals surface area contributed by atoms with Crippen molar-refractivity contribution in [3.05, 3.63) is 58.6 Å². The van der Waals surface area contributed by atoms with Gasteiger partial charge in [-0.25, -0.2) is 9.59 Å². The van der Waals surface area contributed by atoms with E-state index in [1.807, 2.05) is 0 Å². The number of amides is 1. The molecular weight excluding hydrogens is 386 g/mol. The Kier molecular flexibility index (Phi) is 7.40. The SMILES string of the molecule is COC(=O)c1ccc(C)c(NC(=O)COC(=O)[C@H](C)Oc2ccc(Cl)cc2)c1. The molecule has 1 atom stereocenters. The molecule has 2 aromatic carbocycles. The summed E-state index contributed by atoms with van der Waals surface area (Å²) < 4.78 is 15.1. The highest BCUT2D eigenvalue weighted by Crippen LogP contribution is 2.18. The van der Waals surface area contributed by atoms with Gasteiger partial charge in [-0.2, -0.15) is 0 Å². The van der Waals surface area contributed by atoms with E-state index in [0.717, 1.165) is 5.56 Å². The molecule has 2 rings (SSSR count). The topological polar surface area (TPSA) is 90.9 Å². The van der Waals surface area contributed by atoms with Gasteiger partial charge >= 0.3 is 11.9 Å². The number of rotatable bonds is 7. The van der Waals surface area contributed by atoms with Crippen molar-refractivity contribution < 1.29 is 28.6 Å². The van der Waals surface area contributed by atoms with E-state index in [0.29, 0.717) is 22.0 Å². The van der Waals surface area contributed by atoms with E-state index in [1.54, 1.807) is 43.3 Å². The molecule has 8 heteroatoms. The van der Waals surface area contributed by atoms with Gasteiger partial charge in [-0.15, -0.1) is 0 Å². The molecule has 0 aliphatic carbocycles. The molecule has 0 saturated heterocycles. The zero-order valence-corrected chi connectivity index (χ0v) is 16.4. The predicted octanol–water partition coefficient (Wildman–Crippen LogP) is 3.38. The molecule has 0 aromatic heterocycles. The summed E-state index contributed by atoms with van der Waals surface area (Å²) in [5.41, 5.74) is 1.46. The van der Waals surface area contributed by atoms with Gasteiger partial charge in [0.15, 0.2) is 12.7 Å². The lowest BCUT2D eigenvalue weighted by molar-refractivity contribution is -0.153. The van der Waals surface area contributed by atoms with Gasteiger partial charge in [0.1, 0.15) is 5.75 Å². The molecule has 1 amide bonds. The number of methoxy groups -OCH3 is 1. The van der Waals surface area contributed by atoms with Crippen LogP contribution in [-0.4, -0.2) is 37.7 Å². The van der Waals surface area contributed by atoms with Crippen molar-refractivity contribution in [2.45, 2.75) is 20.0 Å². The Balaban J connectivity index is 1.88. The van der Waals surface area contributed by atoms with E-state index in [4.69, 9.17) is 21.1 Å². The van der Waals surface area contributed by atoms with Crippen molar-refractivity contribution in [2.24, 2.45) is 0 Å². The first-order valence-corrected chi connectivity index (χ1v) is 8.75. The summed E-state index contributed by atoms with van der Waals surface area (Å²) in [5, 5.41) is 3.15. The molecule has 0 saturated carbocycles. The molecule has 2 aromatic rings. The minimum atomic E-state index is -0.904. The molecule has 0 aliphatic heterocycles. The molecule has 0 spiro atoms. The summed E-state index contributed by atoms with van der Waals surface area (Å²) in [4.78, 5) is 35.7. The van der Waals surface area contributed by atoms with Gasteiger partial charge in [-0.1, -0.05) is 17.7 Å². The maximum Gasteiger partial charge on any atom is 0.347 e. The van der Waals surface area contributed by atoms with Crippen LogP contribution in [0.3, 0.4) is 0 Å². The van der Waals surface area contributed by atoms with Crippen molar-refractivity contribution in [1.82, 2.24) is 0 Å². The third kappa shape index (κ3) is 5.99. The van der Waals surface area contributed by atoms with E-state index < -0.39 is 30.6 Å². The summed E-state index contributed by atoms with van der Waals surface area (Å²) in [6, 6.07) is 11.3. The van der Waals surface area contributed by atoms with Crippen molar-refractivity contribution in [3.63, 3.8) is 0 Å². The van der Waals surface area contributed by atoms with Gasteiger partial charge in [0.2, 0.25) is 0 Å². The monoisotopic (exact) mass is 405 g/mol. The van der Waals surface area contributed by atoms with Crippen LogP contribution < -0.4 is 10.1 Å². The summed E-state index contributed by atoms with van der Waals surface area (Å²) in [6.07, 6.45) is -0.904. The summed E-state index contributed by atoms with van der Waals surface area (Å²) in [5.74, 6) is -1.30. The number of anilines is 1. The lowest BCUT2D eigenvalue weighted by atomic mass is 10.1. The fourth-order valence-corrected chi connectivity index (χ4v) is 2.33. The minimum absolute atomic E-state index is 0.297. The maximum atomic E-state index is 12.1. The van der Waals surface area contributed by atoms with E-state index >= 15 is 0 Å². The molecule has 0 radical (unpaired) electrons. The number of halogens is 1. The second-order valence-corrected chi connectivity index (χ2v) is 6.33. The van der Waals surface area contributed by atoms with Gasteiger partial charge in [-0.3, -0.25) is 4.79 Å². The number of carbonyl (C=O) groups is 3. The van der Waals surface area contributed by atoms with Crippen LogP contribution in [0.25, 0.3) is 0 Å². The number of aryl methyl sites for hydroxylation is 1. The first kappa shape index (κ1) is 21.2. The third-order valence-corrected chi connectivity index (χ3v) is 3.99. The molecule has 1 N–H and O–H groups in total. The number of benzene rings is 2. The Morgan fingerprint density at radius 3 is 2.43 bits per heavy atom. The largest absolute Gasteiger partial charge is 0.479 e. The zero-order valence-electron chi connectivity index (χ0n) is 15.7. The molecule has 7 nitrogen and oxygen atoms in total. The van der Waals surface area contributed by atoms with Crippen LogP contribution in [-0.2, 0) is 19.1 Å². The lowest BCUT2D eigenvalue weighted by Crippen LogP contribution is -2.29. The number of nitrogens with one attached hydrogen (secondary N) is 1. The van der Waals surface area contributed by atoms with Crippen LogP contribution in [0.15, 0.2) is 42.5 Å². The average Bonchev–Trinajstić information content (AvgIpc) is 2.68. The second kappa shape index (κ2) is 9.75. The molecule has 0 bridgehead atoms. The number of esters is 2. The van der Waals surface area contributed by atoms with E-state index in [-0.39, 0.29) is 0 Å². The van der Waals surface area contributed by atoms with Crippen LogP contribution in [0.1, 0.15) is 22.8 Å². The van der Waals surface area contributed by atoms with Crippen molar-refractivity contribution in [1.29, 1.82) is 0 Å². The zero-order chi connectivity index (χ0) is 20.7. The minimum Gasteiger partial charge on any atom is -0.479 e. The van der Waals surface area contributed by atoms with Crippen LogP contribution >= 0.6 is 11.6 Å². The Morgan fingerprint density at radius 2 is 1.79 bits per heavy atom. The molecule has 0 fully saturated rings. The van der Waals surface area contributed by atoms with Crippen LogP contribution in [0, 0.1) is 6.92 Å². The van der Waals surface area contributed by atoms with E-state index in [2.05, 4.69) is 10.1 Å². The van der Waals surface area contributed by atoms with E-state index in [1.165, 1.54) is 20.1 Å². The molecule has 0 unspecified atom stereocenters. The molecule has 148 valence electrons. The highest BCUT2D eigenvalue weighted by atomic mass is 35.5. The first-order chi connectivity index (χ1) is 13.3. The Morgan fingerprint density at radius 1 is 1.11 bits per heavy atom. The Bertz CT molecular complexity index is 865. The average molecular weight is 406 g/mol. The molecule has 28 heavy (non-hydrogen) atoms. The predicted molar refractivity (Wildman–Crippen MR) is 104 cm³/mol. The molecule has 0 aliphatic rings. The van der Waals surface area contributed by atoms with Gasteiger partial charge in [0.05, 0.1) is 12.7 Å². The summed E-state index contributed by atoms with van der Waals surface area (Å²) >= 11 is 5.79. The number of hydrogen-bond acceptors (Lipinski definition) is 6. The Labute approximate surface area is 167 Å². The van der Waals surface area contributed by atoms with Crippen molar-refractivity contribution in [3.8, 4) is 5.75 Å². The quantitative estimate of drug-likeness (QED) is 0.710. The van der Waals surface area contributed by atoms with E-state index in [9.17, 15) is 14.4 Å². The fourth-order valence-electron chi connectivity index (χ4n) is 2.21. The van der Waals surface area contributed by atoms with Crippen molar-refractivity contribution in [2.75, 3.05) is 19.0 Å². The van der Waals surface area contributed by atoms with Crippen molar-refractivity contribution >= 4 is 35.1 Å². The highest BCUT2D eigenvalue weighted by Gasteiger charge is 2.18. The maximum absolute atomic E-state index is 12.1. The first-order valence-electron chi connectivity index (χ1n) is 8.38. The van der Waals surface area contributed by atoms with Crippen LogP contribution in [0.2, 0.25) is 5.02 Å². The smallest absolute Gasteiger partial charge is 0.347 e. The summed E-state index contributed by atoms with van der Waals surface area (Å²) in [6.45, 7) is 2.79. The Hall–Kier alpha value is -3.06. The number of hydrogen-bond donors (Lipinski definition) is 1. The van der Waals surface area contributed by atoms with Crippen LogP contribution in [0.4, 0.5) is 5.69 Å². The highest BCUT2D eigenvalue weighted by molar-refractivity contribution is 6.30. The van der Waals surface area contributed by atoms with Crippen LogP contribution in [0.5, 0.6) is 5.75 Å². The standard InChI is InChI=1S/C20H20ClNO6/c1-12-4-5-14(20(25)26-3)10-17(12)22-18(23)11-27-19(24)13(2)28-16-8-6-15(21)7-9-16/h4-10,13H,11H2,1-3H3,(H,22,23)/t13-/m0/s1. The van der Waals surface area contributed by atoms with Gasteiger partial charge in [-0.05, 0) is 55.8 Å². The van der Waals surface area contributed by atoms with Gasteiger partial charge in [0, 0.05) is 10.7 Å². The van der Waals surface area contributed by atoms with Gasteiger partial charge < -0.3 is 19.5 Å². The van der Waals surface area contributed by atoms with Gasteiger partial charge in [0.25, 0.3) is 5.91 Å². The second-order valence-electron chi connectivity index (χ2n) is 5.89. The number of ether oxygens (including phenoxy) is 3.